The minimum absolute atomic E-state index is 0. The molecule has 40 heavy (non-hydrogen) atoms. The third kappa shape index (κ3) is 8.33. The molecule has 3 aromatic carbocycles. The molecule has 3 aromatic rings. The maximum atomic E-state index is 13.2. The minimum atomic E-state index is -0.373. The lowest BCUT2D eigenvalue weighted by atomic mass is 9.98. The van der Waals surface area contributed by atoms with Gasteiger partial charge in [-0.05, 0) is 86.0 Å². The predicted molar refractivity (Wildman–Crippen MR) is 159 cm³/mol. The number of nitriles is 1. The van der Waals surface area contributed by atoms with Crippen molar-refractivity contribution in [1.29, 1.82) is 5.26 Å². The number of aryl methyl sites for hydroxylation is 2. The summed E-state index contributed by atoms with van der Waals surface area (Å²) in [7, 11) is 0. The van der Waals surface area contributed by atoms with Gasteiger partial charge in [0.2, 0.25) is 0 Å². The summed E-state index contributed by atoms with van der Waals surface area (Å²) >= 11 is 6.15. The van der Waals surface area contributed by atoms with Crippen LogP contribution in [0.3, 0.4) is 0 Å². The second-order valence-corrected chi connectivity index (χ2v) is 9.85. The smallest absolute Gasteiger partial charge is 0.262 e. The molecule has 1 N–H and O–H groups in total. The molecule has 0 saturated carbocycles. The second-order valence-electron chi connectivity index (χ2n) is 9.42. The van der Waals surface area contributed by atoms with Gasteiger partial charge in [-0.15, -0.1) is 12.4 Å². The monoisotopic (exact) mass is 579 g/mol. The van der Waals surface area contributed by atoms with Crippen LogP contribution in [0.1, 0.15) is 39.0 Å². The lowest BCUT2D eigenvalue weighted by molar-refractivity contribution is -0.118. The molecule has 208 valence electrons. The van der Waals surface area contributed by atoms with Crippen LogP contribution in [0.5, 0.6) is 11.5 Å². The average molecular weight is 581 g/mol. The zero-order valence-electron chi connectivity index (χ0n) is 22.4. The van der Waals surface area contributed by atoms with Crippen LogP contribution >= 0.6 is 24.0 Å². The first-order valence-corrected chi connectivity index (χ1v) is 13.1. The highest BCUT2D eigenvalue weighted by atomic mass is 35.5. The summed E-state index contributed by atoms with van der Waals surface area (Å²) in [5, 5.41) is 12.5. The number of ether oxygens (including phenoxy) is 2. The standard InChI is InChI=1S/C31H30ClN3O4.ClH/c1-21-14-23(19-33)17-24(15-21)31(37)27-18-25(32)6-9-29(27)39-20-30(36)34-28-8-7-26(16-22(28)2)38-13-5-12-35-10-3-4-11-35;/h3-4,6-9,14-18H,5,10-13,20H2,1-2H3,(H,34,36);1H. The summed E-state index contributed by atoms with van der Waals surface area (Å²) in [4.78, 5) is 28.3. The van der Waals surface area contributed by atoms with E-state index in [2.05, 4.69) is 28.4 Å². The molecule has 9 heteroatoms. The van der Waals surface area contributed by atoms with E-state index in [1.807, 2.05) is 26.0 Å². The molecule has 0 spiro atoms. The van der Waals surface area contributed by atoms with Gasteiger partial charge >= 0.3 is 0 Å². The molecule has 1 heterocycles. The molecule has 0 fully saturated rings. The number of halogens is 2. The Balaban J connectivity index is 0.00000441. The van der Waals surface area contributed by atoms with E-state index >= 15 is 0 Å². The molecule has 1 aliphatic heterocycles. The second kappa shape index (κ2) is 14.5. The van der Waals surface area contributed by atoms with Gasteiger partial charge in [-0.3, -0.25) is 14.5 Å². The first-order valence-electron chi connectivity index (χ1n) is 12.7. The largest absolute Gasteiger partial charge is 0.494 e. The Bertz CT molecular complexity index is 1440. The predicted octanol–water partition coefficient (Wildman–Crippen LogP) is 6.14. The number of amides is 1. The van der Waals surface area contributed by atoms with Crippen molar-refractivity contribution in [3.8, 4) is 17.6 Å². The number of carbonyl (C=O) groups is 2. The topological polar surface area (TPSA) is 91.7 Å². The molecule has 0 aromatic heterocycles. The molecule has 4 rings (SSSR count). The first kappa shape index (κ1) is 30.7. The molecule has 1 aliphatic rings. The van der Waals surface area contributed by atoms with Crippen LogP contribution in [0.2, 0.25) is 5.02 Å². The number of rotatable bonds is 11. The number of nitrogens with zero attached hydrogens (tertiary/aromatic N) is 2. The summed E-state index contributed by atoms with van der Waals surface area (Å²) < 4.78 is 11.6. The Labute approximate surface area is 245 Å². The summed E-state index contributed by atoms with van der Waals surface area (Å²) in [6, 6.07) is 17.1. The quantitative estimate of drug-likeness (QED) is 0.167. The lowest BCUT2D eigenvalue weighted by Crippen LogP contribution is -2.22. The van der Waals surface area contributed by atoms with Crippen molar-refractivity contribution >= 4 is 41.4 Å². The van der Waals surface area contributed by atoms with Crippen LogP contribution in [0.15, 0.2) is 66.7 Å². The highest BCUT2D eigenvalue weighted by Crippen LogP contribution is 2.27. The Morgan fingerprint density at radius 3 is 2.52 bits per heavy atom. The highest BCUT2D eigenvalue weighted by molar-refractivity contribution is 6.31. The van der Waals surface area contributed by atoms with Crippen LogP contribution < -0.4 is 14.8 Å². The van der Waals surface area contributed by atoms with Gasteiger partial charge in [0.25, 0.3) is 5.91 Å². The van der Waals surface area contributed by atoms with E-state index < -0.39 is 0 Å². The maximum Gasteiger partial charge on any atom is 0.262 e. The Morgan fingerprint density at radius 2 is 1.80 bits per heavy atom. The Morgan fingerprint density at radius 1 is 1.02 bits per heavy atom. The van der Waals surface area contributed by atoms with E-state index in [1.165, 1.54) is 12.1 Å². The van der Waals surface area contributed by atoms with Gasteiger partial charge in [0.05, 0.1) is 23.8 Å². The molecule has 1 amide bonds. The summed E-state index contributed by atoms with van der Waals surface area (Å²) in [5.74, 6) is 0.254. The molecule has 0 radical (unpaired) electrons. The van der Waals surface area contributed by atoms with Crippen LogP contribution in [0.25, 0.3) is 0 Å². The number of hydrogen-bond donors (Lipinski definition) is 1. The summed E-state index contributed by atoms with van der Waals surface area (Å²) in [6.45, 7) is 7.02. The van der Waals surface area contributed by atoms with E-state index in [0.29, 0.717) is 28.4 Å². The van der Waals surface area contributed by atoms with E-state index in [1.54, 1.807) is 30.3 Å². The van der Waals surface area contributed by atoms with Crippen LogP contribution in [-0.2, 0) is 4.79 Å². The van der Waals surface area contributed by atoms with Gasteiger partial charge in [-0.25, -0.2) is 0 Å². The fourth-order valence-electron chi connectivity index (χ4n) is 4.32. The maximum absolute atomic E-state index is 13.2. The lowest BCUT2D eigenvalue weighted by Gasteiger charge is -2.15. The molecule has 0 bridgehead atoms. The third-order valence-electron chi connectivity index (χ3n) is 6.27. The van der Waals surface area contributed by atoms with Crippen molar-refractivity contribution in [3.63, 3.8) is 0 Å². The molecule has 0 atom stereocenters. The van der Waals surface area contributed by atoms with Crippen LogP contribution in [-0.4, -0.2) is 49.4 Å². The van der Waals surface area contributed by atoms with E-state index in [-0.39, 0.29) is 42.0 Å². The van der Waals surface area contributed by atoms with Crippen molar-refractivity contribution in [2.75, 3.05) is 38.2 Å². The zero-order valence-corrected chi connectivity index (χ0v) is 24.0. The van der Waals surface area contributed by atoms with Crippen LogP contribution in [0.4, 0.5) is 5.69 Å². The normalized spacial score (nSPS) is 12.3. The Kier molecular flexibility index (Phi) is 11.2. The van der Waals surface area contributed by atoms with E-state index in [9.17, 15) is 14.9 Å². The van der Waals surface area contributed by atoms with Gasteiger partial charge in [-0.2, -0.15) is 5.26 Å². The highest BCUT2D eigenvalue weighted by Gasteiger charge is 2.18. The molecular weight excluding hydrogens is 549 g/mol. The number of hydrogen-bond acceptors (Lipinski definition) is 6. The summed E-state index contributed by atoms with van der Waals surface area (Å²) in [5.41, 5.74) is 3.23. The molecule has 7 nitrogen and oxygen atoms in total. The van der Waals surface area contributed by atoms with Gasteiger partial charge < -0.3 is 14.8 Å². The minimum Gasteiger partial charge on any atom is -0.494 e. The summed E-state index contributed by atoms with van der Waals surface area (Å²) in [6.07, 6.45) is 5.29. The van der Waals surface area contributed by atoms with Crippen molar-refractivity contribution in [1.82, 2.24) is 4.90 Å². The molecular formula is C31H31Cl2N3O4. The van der Waals surface area contributed by atoms with Gasteiger partial charge in [0, 0.05) is 35.9 Å². The van der Waals surface area contributed by atoms with E-state index in [0.717, 1.165) is 42.9 Å². The molecule has 0 unspecified atom stereocenters. The fraction of sp³-hybridized carbons (Fsp3) is 0.258. The number of carbonyl (C=O) groups excluding carboxylic acids is 2. The average Bonchev–Trinajstić information content (AvgIpc) is 3.44. The first-order chi connectivity index (χ1) is 18.8. The zero-order chi connectivity index (χ0) is 27.8. The third-order valence-corrected chi connectivity index (χ3v) is 6.50. The molecule has 0 saturated heterocycles. The Hall–Kier alpha value is -3.83. The van der Waals surface area contributed by atoms with Gasteiger partial charge in [0.15, 0.2) is 12.4 Å². The SMILES string of the molecule is Cc1cc(C#N)cc(C(=O)c2cc(Cl)ccc2OCC(=O)Nc2ccc(OCCCN3CC=CC3)cc2C)c1.Cl. The number of anilines is 1. The van der Waals surface area contributed by atoms with Crippen molar-refractivity contribution in [2.45, 2.75) is 20.3 Å². The number of benzene rings is 3. The van der Waals surface area contributed by atoms with Crippen LogP contribution in [0, 0.1) is 25.2 Å². The van der Waals surface area contributed by atoms with Crippen molar-refractivity contribution in [2.24, 2.45) is 0 Å². The van der Waals surface area contributed by atoms with Gasteiger partial charge in [0.1, 0.15) is 11.5 Å². The number of nitrogens with one attached hydrogen (secondary N) is 1. The number of ketones is 1. The fourth-order valence-corrected chi connectivity index (χ4v) is 4.49. The van der Waals surface area contributed by atoms with E-state index in [4.69, 9.17) is 21.1 Å². The van der Waals surface area contributed by atoms with Crippen molar-refractivity contribution < 1.29 is 19.1 Å². The van der Waals surface area contributed by atoms with Gasteiger partial charge in [-0.1, -0.05) is 23.8 Å². The van der Waals surface area contributed by atoms with Crippen molar-refractivity contribution in [3.05, 3.63) is 99.6 Å². The molecule has 0 aliphatic carbocycles.